The van der Waals surface area contributed by atoms with Crippen LogP contribution in [-0.4, -0.2) is 18.1 Å². The lowest BCUT2D eigenvalue weighted by Crippen LogP contribution is -2.17. The molecule has 0 aliphatic carbocycles. The Morgan fingerprint density at radius 2 is 2.16 bits per heavy atom. The maximum Gasteiger partial charge on any atom is 0.335 e. The second-order valence-corrected chi connectivity index (χ2v) is 6.69. The molecule has 0 atom stereocenters. The number of nitrogens with zero attached hydrogens (tertiary/aromatic N) is 1. The number of benzene rings is 1. The predicted molar refractivity (Wildman–Crippen MR) is 81.9 cm³/mol. The van der Waals surface area contributed by atoms with Crippen molar-refractivity contribution in [2.24, 2.45) is 0 Å². The molecule has 0 radical (unpaired) electrons. The molecular formula is C13H13BrN2O2S. The quantitative estimate of drug-likeness (QED) is 0.836. The number of carboxylic acids is 1. The summed E-state index contributed by atoms with van der Waals surface area (Å²) < 4.78 is 1.09. The first-order valence-corrected chi connectivity index (χ1v) is 7.16. The van der Waals surface area contributed by atoms with Crippen LogP contribution in [0.25, 0.3) is 0 Å². The fourth-order valence-electron chi connectivity index (χ4n) is 1.79. The number of thiophene rings is 1. The SMILES string of the molecule is CN(Cc1ccc(Br)s1)c1ccc(C(=O)O)cc1N. The van der Waals surface area contributed by atoms with Gasteiger partial charge >= 0.3 is 5.97 Å². The van der Waals surface area contributed by atoms with Crippen molar-refractivity contribution >= 4 is 44.6 Å². The Hall–Kier alpha value is -1.53. The summed E-state index contributed by atoms with van der Waals surface area (Å²) >= 11 is 5.09. The van der Waals surface area contributed by atoms with Gasteiger partial charge in [0.2, 0.25) is 0 Å². The van der Waals surface area contributed by atoms with Crippen molar-refractivity contribution in [2.75, 3.05) is 17.7 Å². The van der Waals surface area contributed by atoms with E-state index in [1.54, 1.807) is 23.5 Å². The van der Waals surface area contributed by atoms with Gasteiger partial charge in [0.25, 0.3) is 0 Å². The molecule has 1 heterocycles. The zero-order chi connectivity index (χ0) is 14.0. The molecule has 0 saturated heterocycles. The van der Waals surface area contributed by atoms with Crippen LogP contribution < -0.4 is 10.6 Å². The van der Waals surface area contributed by atoms with Crippen LogP contribution in [0.15, 0.2) is 34.1 Å². The number of rotatable bonds is 4. The monoisotopic (exact) mass is 340 g/mol. The molecule has 1 aromatic carbocycles. The summed E-state index contributed by atoms with van der Waals surface area (Å²) in [5.74, 6) is -0.969. The minimum Gasteiger partial charge on any atom is -0.478 e. The molecule has 3 N–H and O–H groups in total. The number of hydrogen-bond acceptors (Lipinski definition) is 4. The first-order valence-electron chi connectivity index (χ1n) is 5.55. The van der Waals surface area contributed by atoms with Crippen LogP contribution in [0.3, 0.4) is 0 Å². The number of carbonyl (C=O) groups is 1. The third-order valence-corrected chi connectivity index (χ3v) is 4.32. The third kappa shape index (κ3) is 3.27. The van der Waals surface area contributed by atoms with Gasteiger partial charge < -0.3 is 15.7 Å². The minimum atomic E-state index is -0.969. The fourth-order valence-corrected chi connectivity index (χ4v) is 3.33. The number of nitrogens with two attached hydrogens (primary N) is 1. The van der Waals surface area contributed by atoms with E-state index in [2.05, 4.69) is 15.9 Å². The third-order valence-electron chi connectivity index (χ3n) is 2.71. The molecule has 0 spiro atoms. The molecule has 0 amide bonds. The highest BCUT2D eigenvalue weighted by atomic mass is 79.9. The summed E-state index contributed by atoms with van der Waals surface area (Å²) in [5, 5.41) is 8.90. The highest BCUT2D eigenvalue weighted by Gasteiger charge is 2.10. The van der Waals surface area contributed by atoms with Crippen molar-refractivity contribution in [1.82, 2.24) is 0 Å². The van der Waals surface area contributed by atoms with Crippen LogP contribution in [0.4, 0.5) is 11.4 Å². The van der Waals surface area contributed by atoms with Gasteiger partial charge in [0, 0.05) is 11.9 Å². The molecule has 0 aliphatic heterocycles. The van der Waals surface area contributed by atoms with Crippen molar-refractivity contribution in [3.8, 4) is 0 Å². The van der Waals surface area contributed by atoms with Gasteiger partial charge in [-0.15, -0.1) is 11.3 Å². The first kappa shape index (κ1) is 13.9. The van der Waals surface area contributed by atoms with E-state index in [0.717, 1.165) is 16.0 Å². The summed E-state index contributed by atoms with van der Waals surface area (Å²) in [5.41, 5.74) is 7.41. The summed E-state index contributed by atoms with van der Waals surface area (Å²) in [6.45, 7) is 0.729. The van der Waals surface area contributed by atoms with E-state index < -0.39 is 5.97 Å². The second kappa shape index (κ2) is 5.63. The van der Waals surface area contributed by atoms with E-state index in [9.17, 15) is 4.79 Å². The summed E-state index contributed by atoms with van der Waals surface area (Å²) in [7, 11) is 1.93. The molecule has 0 aliphatic rings. The van der Waals surface area contributed by atoms with Crippen LogP contribution >= 0.6 is 27.3 Å². The highest BCUT2D eigenvalue weighted by molar-refractivity contribution is 9.11. The lowest BCUT2D eigenvalue weighted by atomic mass is 10.1. The van der Waals surface area contributed by atoms with Gasteiger partial charge in [-0.1, -0.05) is 0 Å². The predicted octanol–water partition coefficient (Wildman–Crippen LogP) is 3.43. The lowest BCUT2D eigenvalue weighted by molar-refractivity contribution is 0.0697. The number of hydrogen-bond donors (Lipinski definition) is 2. The summed E-state index contributed by atoms with van der Waals surface area (Å²) in [4.78, 5) is 14.1. The Labute approximate surface area is 123 Å². The Bertz CT molecular complexity index is 612. The number of carboxylic acid groups (broad SMARTS) is 1. The summed E-state index contributed by atoms with van der Waals surface area (Å²) in [6.07, 6.45) is 0. The minimum absolute atomic E-state index is 0.202. The molecular weight excluding hydrogens is 328 g/mol. The van der Waals surface area contributed by atoms with Crippen LogP contribution in [0.1, 0.15) is 15.2 Å². The van der Waals surface area contributed by atoms with Crippen molar-refractivity contribution in [2.45, 2.75) is 6.54 Å². The van der Waals surface area contributed by atoms with Crippen molar-refractivity contribution in [3.05, 3.63) is 44.6 Å². The highest BCUT2D eigenvalue weighted by Crippen LogP contribution is 2.28. The first-order chi connectivity index (χ1) is 8.97. The Morgan fingerprint density at radius 1 is 1.42 bits per heavy atom. The molecule has 2 aromatic rings. The maximum atomic E-state index is 10.9. The smallest absolute Gasteiger partial charge is 0.335 e. The molecule has 0 bridgehead atoms. The van der Waals surface area contributed by atoms with Gasteiger partial charge in [0.1, 0.15) is 0 Å². The molecule has 4 nitrogen and oxygen atoms in total. The van der Waals surface area contributed by atoms with Crippen LogP contribution in [0.5, 0.6) is 0 Å². The fraction of sp³-hybridized carbons (Fsp3) is 0.154. The van der Waals surface area contributed by atoms with Crippen molar-refractivity contribution in [1.29, 1.82) is 0 Å². The van der Waals surface area contributed by atoms with E-state index in [1.807, 2.05) is 24.1 Å². The molecule has 6 heteroatoms. The Balaban J connectivity index is 2.19. The largest absolute Gasteiger partial charge is 0.478 e. The molecule has 19 heavy (non-hydrogen) atoms. The number of halogens is 1. The number of aromatic carboxylic acids is 1. The van der Waals surface area contributed by atoms with E-state index in [4.69, 9.17) is 10.8 Å². The molecule has 2 rings (SSSR count). The van der Waals surface area contributed by atoms with Gasteiger partial charge in [0.05, 0.1) is 27.3 Å². The molecule has 0 saturated carbocycles. The van der Waals surface area contributed by atoms with Crippen LogP contribution in [0, 0.1) is 0 Å². The average Bonchev–Trinajstić information content (AvgIpc) is 2.74. The van der Waals surface area contributed by atoms with Crippen molar-refractivity contribution < 1.29 is 9.90 Å². The Morgan fingerprint density at radius 3 is 2.68 bits per heavy atom. The Kier molecular flexibility index (Phi) is 4.11. The van der Waals surface area contributed by atoms with E-state index in [-0.39, 0.29) is 5.56 Å². The van der Waals surface area contributed by atoms with Gasteiger partial charge in [-0.05, 0) is 46.3 Å². The molecule has 1 aromatic heterocycles. The van der Waals surface area contributed by atoms with Crippen LogP contribution in [-0.2, 0) is 6.54 Å². The topological polar surface area (TPSA) is 66.6 Å². The molecule has 100 valence electrons. The van der Waals surface area contributed by atoms with Gasteiger partial charge in [-0.2, -0.15) is 0 Å². The van der Waals surface area contributed by atoms with Gasteiger partial charge in [-0.25, -0.2) is 4.79 Å². The molecule has 0 fully saturated rings. The van der Waals surface area contributed by atoms with E-state index in [1.165, 1.54) is 10.9 Å². The number of anilines is 2. The van der Waals surface area contributed by atoms with Crippen LogP contribution in [0.2, 0.25) is 0 Å². The lowest BCUT2D eigenvalue weighted by Gasteiger charge is -2.20. The zero-order valence-electron chi connectivity index (χ0n) is 10.3. The van der Waals surface area contributed by atoms with E-state index >= 15 is 0 Å². The normalized spacial score (nSPS) is 10.4. The summed E-state index contributed by atoms with van der Waals surface area (Å²) in [6, 6.07) is 8.84. The zero-order valence-corrected chi connectivity index (χ0v) is 12.7. The van der Waals surface area contributed by atoms with Gasteiger partial charge in [0.15, 0.2) is 0 Å². The van der Waals surface area contributed by atoms with Gasteiger partial charge in [-0.3, -0.25) is 0 Å². The maximum absolute atomic E-state index is 10.9. The van der Waals surface area contributed by atoms with Crippen molar-refractivity contribution in [3.63, 3.8) is 0 Å². The van der Waals surface area contributed by atoms with E-state index in [0.29, 0.717) is 5.69 Å². The second-order valence-electron chi connectivity index (χ2n) is 4.14. The molecule has 0 unspecified atom stereocenters. The standard InChI is InChI=1S/C13H13BrN2O2S/c1-16(7-9-3-5-12(14)19-9)11-4-2-8(13(17)18)6-10(11)15/h2-6H,7,15H2,1H3,(H,17,18). The number of nitrogen functional groups attached to an aromatic ring is 1. The average molecular weight is 341 g/mol.